The smallest absolute Gasteiger partial charge is 0.328 e. The summed E-state index contributed by atoms with van der Waals surface area (Å²) in [5.41, 5.74) is 2.63. The maximum Gasteiger partial charge on any atom is 0.328 e. The van der Waals surface area contributed by atoms with Gasteiger partial charge in [0.15, 0.2) is 0 Å². The summed E-state index contributed by atoms with van der Waals surface area (Å²) in [4.78, 5) is 39.4. The first-order chi connectivity index (χ1) is 15.0. The van der Waals surface area contributed by atoms with E-state index in [0.717, 1.165) is 23.2 Å². The van der Waals surface area contributed by atoms with Crippen LogP contribution in [0, 0.1) is 0 Å². The number of urea groups is 2. The average Bonchev–Trinajstić information content (AvgIpc) is 3.36. The Bertz CT molecular complexity index is 1070. The van der Waals surface area contributed by atoms with E-state index in [2.05, 4.69) is 10.6 Å². The van der Waals surface area contributed by atoms with Gasteiger partial charge in [-0.15, -0.1) is 0 Å². The van der Waals surface area contributed by atoms with E-state index in [9.17, 15) is 14.4 Å². The van der Waals surface area contributed by atoms with Crippen LogP contribution in [0.1, 0.15) is 12.8 Å². The molecule has 1 atom stereocenters. The molecule has 0 radical (unpaired) electrons. The minimum absolute atomic E-state index is 0.121. The molecule has 0 saturated carbocycles. The van der Waals surface area contributed by atoms with Gasteiger partial charge in [0.05, 0.1) is 22.9 Å². The van der Waals surface area contributed by atoms with Crippen LogP contribution in [0.3, 0.4) is 0 Å². The van der Waals surface area contributed by atoms with Gasteiger partial charge >= 0.3 is 12.1 Å². The number of carbonyl (C=O) groups excluding carboxylic acids is 3. The maximum absolute atomic E-state index is 12.5. The molecule has 2 aromatic rings. The fourth-order valence-electron chi connectivity index (χ4n) is 4.45. The number of nitrogens with one attached hydrogen (secondary N) is 2. The van der Waals surface area contributed by atoms with Crippen molar-refractivity contribution >= 4 is 40.9 Å². The summed E-state index contributed by atoms with van der Waals surface area (Å²) in [7, 11) is 0. The van der Waals surface area contributed by atoms with Crippen molar-refractivity contribution in [2.24, 2.45) is 0 Å². The molecule has 8 nitrogen and oxygen atoms in total. The minimum Gasteiger partial charge on any atom is -0.379 e. The molecule has 3 aliphatic rings. The number of amides is 5. The summed E-state index contributed by atoms with van der Waals surface area (Å²) in [5.74, 6) is -0.291. The van der Waals surface area contributed by atoms with Crippen molar-refractivity contribution in [3.63, 3.8) is 0 Å². The number of imide groups is 1. The molecule has 3 fully saturated rings. The highest BCUT2D eigenvalue weighted by atomic mass is 35.5. The van der Waals surface area contributed by atoms with E-state index in [4.69, 9.17) is 16.3 Å². The molecule has 3 heterocycles. The highest BCUT2D eigenvalue weighted by Gasteiger charge is 2.48. The van der Waals surface area contributed by atoms with Crippen LogP contribution >= 0.6 is 11.6 Å². The molecule has 1 unspecified atom stereocenters. The third-order valence-electron chi connectivity index (χ3n) is 6.09. The molecule has 3 aliphatic heterocycles. The third-order valence-corrected chi connectivity index (χ3v) is 6.49. The highest BCUT2D eigenvalue weighted by molar-refractivity contribution is 6.36. The first-order valence-electron chi connectivity index (χ1n) is 10.1. The van der Waals surface area contributed by atoms with E-state index >= 15 is 0 Å². The third kappa shape index (κ3) is 3.32. The summed E-state index contributed by atoms with van der Waals surface area (Å²) in [6, 6.07) is 12.5. The van der Waals surface area contributed by atoms with Crippen LogP contribution in [0.5, 0.6) is 0 Å². The molecule has 5 rings (SSSR count). The summed E-state index contributed by atoms with van der Waals surface area (Å²) in [6.07, 6.45) is 1.02. The highest BCUT2D eigenvalue weighted by Crippen LogP contribution is 2.39. The van der Waals surface area contributed by atoms with Crippen LogP contribution in [0.25, 0.3) is 11.1 Å². The van der Waals surface area contributed by atoms with Crippen molar-refractivity contribution in [1.82, 2.24) is 10.6 Å². The average molecular weight is 441 g/mol. The first kappa shape index (κ1) is 19.8. The zero-order valence-electron chi connectivity index (χ0n) is 16.7. The Morgan fingerprint density at radius 3 is 2.55 bits per heavy atom. The molecule has 5 amide bonds. The number of hydrogen-bond donors (Lipinski definition) is 2. The van der Waals surface area contributed by atoms with Gasteiger partial charge in [0.1, 0.15) is 0 Å². The monoisotopic (exact) mass is 440 g/mol. The number of anilines is 2. The molecule has 160 valence electrons. The number of halogens is 1. The number of rotatable bonds is 3. The number of benzene rings is 2. The van der Waals surface area contributed by atoms with Crippen molar-refractivity contribution < 1.29 is 19.1 Å². The summed E-state index contributed by atoms with van der Waals surface area (Å²) in [5, 5.41) is 5.67. The zero-order valence-corrected chi connectivity index (χ0v) is 17.4. The van der Waals surface area contributed by atoms with E-state index < -0.39 is 6.03 Å². The summed E-state index contributed by atoms with van der Waals surface area (Å²) < 4.78 is 5.57. The SMILES string of the molecule is O=C1CCN(c2cccc(-c3ccc(N4C(=O)NCC45CCOC5)cc3)c2Cl)C(=O)N1. The molecule has 31 heavy (non-hydrogen) atoms. The number of nitrogens with zero attached hydrogens (tertiary/aromatic N) is 2. The number of hydrogen-bond acceptors (Lipinski definition) is 4. The predicted molar refractivity (Wildman–Crippen MR) is 116 cm³/mol. The van der Waals surface area contributed by atoms with E-state index in [0.29, 0.717) is 30.5 Å². The largest absolute Gasteiger partial charge is 0.379 e. The van der Waals surface area contributed by atoms with Crippen molar-refractivity contribution in [2.75, 3.05) is 36.1 Å². The van der Waals surface area contributed by atoms with Crippen molar-refractivity contribution in [1.29, 1.82) is 0 Å². The molecule has 0 bridgehead atoms. The fraction of sp³-hybridized carbons (Fsp3) is 0.318. The zero-order chi connectivity index (χ0) is 21.6. The Kier molecular flexibility index (Phi) is 4.83. The topological polar surface area (TPSA) is 91.0 Å². The van der Waals surface area contributed by atoms with E-state index in [1.807, 2.05) is 36.4 Å². The quantitative estimate of drug-likeness (QED) is 0.767. The van der Waals surface area contributed by atoms with Crippen LogP contribution in [-0.4, -0.2) is 49.8 Å². The molecular formula is C22H21ClN4O4. The first-order valence-corrected chi connectivity index (χ1v) is 10.5. The number of ether oxygens (including phenoxy) is 1. The van der Waals surface area contributed by atoms with Crippen LogP contribution in [0.4, 0.5) is 21.0 Å². The molecule has 3 saturated heterocycles. The lowest BCUT2D eigenvalue weighted by molar-refractivity contribution is -0.120. The van der Waals surface area contributed by atoms with Crippen molar-refractivity contribution in [2.45, 2.75) is 18.4 Å². The van der Waals surface area contributed by atoms with Gasteiger partial charge in [-0.2, -0.15) is 0 Å². The molecule has 0 aliphatic carbocycles. The standard InChI is InChI=1S/C22H21ClN4O4/c23-19-16(2-1-3-17(19)26-10-8-18(28)25-21(26)30)14-4-6-15(7-5-14)27-20(29)24-12-22(27)9-11-31-13-22/h1-7H,8-13H2,(H,24,29)(H,25,28,30). The molecular weight excluding hydrogens is 420 g/mol. The van der Waals surface area contributed by atoms with E-state index in [-0.39, 0.29) is 30.4 Å². The van der Waals surface area contributed by atoms with Gasteiger partial charge in [0.2, 0.25) is 5.91 Å². The molecule has 2 N–H and O–H groups in total. The van der Waals surface area contributed by atoms with E-state index in [1.54, 1.807) is 11.0 Å². The molecule has 9 heteroatoms. The lowest BCUT2D eigenvalue weighted by Gasteiger charge is -2.32. The Morgan fingerprint density at radius 2 is 1.84 bits per heavy atom. The fourth-order valence-corrected chi connectivity index (χ4v) is 4.79. The van der Waals surface area contributed by atoms with Gasteiger partial charge in [0.25, 0.3) is 0 Å². The Balaban J connectivity index is 1.45. The van der Waals surface area contributed by atoms with Gasteiger partial charge in [-0.3, -0.25) is 19.9 Å². The normalized spacial score (nSPS) is 23.5. The van der Waals surface area contributed by atoms with E-state index in [1.165, 1.54) is 4.90 Å². The Morgan fingerprint density at radius 1 is 1.03 bits per heavy atom. The van der Waals surface area contributed by atoms with Crippen LogP contribution < -0.4 is 20.4 Å². The molecule has 1 spiro atoms. The second-order valence-corrected chi connectivity index (χ2v) is 8.34. The van der Waals surface area contributed by atoms with Crippen LogP contribution in [-0.2, 0) is 9.53 Å². The van der Waals surface area contributed by atoms with Crippen LogP contribution in [0.15, 0.2) is 42.5 Å². The lowest BCUT2D eigenvalue weighted by Crippen LogP contribution is -2.49. The Hall–Kier alpha value is -3.10. The van der Waals surface area contributed by atoms with Crippen LogP contribution in [0.2, 0.25) is 5.02 Å². The van der Waals surface area contributed by atoms with Gasteiger partial charge in [-0.25, -0.2) is 9.59 Å². The molecule has 0 aromatic heterocycles. The van der Waals surface area contributed by atoms with Gasteiger partial charge in [-0.05, 0) is 30.2 Å². The number of carbonyl (C=O) groups is 3. The molecule has 2 aromatic carbocycles. The lowest BCUT2D eigenvalue weighted by atomic mass is 9.97. The second-order valence-electron chi connectivity index (χ2n) is 7.96. The van der Waals surface area contributed by atoms with Gasteiger partial charge in [-0.1, -0.05) is 35.9 Å². The predicted octanol–water partition coefficient (Wildman–Crippen LogP) is 3.14. The van der Waals surface area contributed by atoms with Crippen molar-refractivity contribution in [3.8, 4) is 11.1 Å². The second kappa shape index (κ2) is 7.55. The summed E-state index contributed by atoms with van der Waals surface area (Å²) in [6.45, 7) is 2.01. The minimum atomic E-state index is -0.477. The Labute approximate surface area is 184 Å². The van der Waals surface area contributed by atoms with Gasteiger partial charge in [0, 0.05) is 37.4 Å². The maximum atomic E-state index is 12.5. The summed E-state index contributed by atoms with van der Waals surface area (Å²) >= 11 is 6.67. The van der Waals surface area contributed by atoms with Gasteiger partial charge < -0.3 is 10.1 Å². The van der Waals surface area contributed by atoms with Crippen molar-refractivity contribution in [3.05, 3.63) is 47.5 Å².